The molecule has 1 aliphatic rings. The number of aromatic amines is 1. The average molecular weight is 257 g/mol. The number of rotatable bonds is 3. The number of anilines is 2. The van der Waals surface area contributed by atoms with E-state index in [1.807, 2.05) is 24.3 Å². The third-order valence-corrected chi connectivity index (χ3v) is 3.27. The van der Waals surface area contributed by atoms with Gasteiger partial charge in [-0.2, -0.15) is 0 Å². The monoisotopic (exact) mass is 257 g/mol. The first-order chi connectivity index (χ1) is 9.26. The highest BCUT2D eigenvalue weighted by Crippen LogP contribution is 2.21. The second-order valence-corrected chi connectivity index (χ2v) is 4.55. The molecule has 0 spiro atoms. The number of aromatic nitrogens is 2. The number of methoxy groups -OCH3 is 1. The molecule has 0 saturated carbocycles. The van der Waals surface area contributed by atoms with Gasteiger partial charge in [0.05, 0.1) is 12.8 Å². The summed E-state index contributed by atoms with van der Waals surface area (Å²) in [6.45, 7) is 0. The van der Waals surface area contributed by atoms with Crippen LogP contribution in [0.25, 0.3) is 0 Å². The zero-order valence-electron chi connectivity index (χ0n) is 10.7. The topological polar surface area (TPSA) is 67.0 Å². The molecule has 1 aromatic carbocycles. The molecule has 3 rings (SSSR count). The van der Waals surface area contributed by atoms with E-state index in [4.69, 9.17) is 4.74 Å². The molecule has 0 amide bonds. The number of H-pyrrole nitrogens is 1. The molecule has 1 aliphatic carbocycles. The molecule has 5 nitrogen and oxygen atoms in total. The van der Waals surface area contributed by atoms with Gasteiger partial charge in [0, 0.05) is 17.3 Å². The lowest BCUT2D eigenvalue weighted by molar-refractivity contribution is 0.415. The first-order valence-electron chi connectivity index (χ1n) is 6.29. The second-order valence-electron chi connectivity index (χ2n) is 4.55. The minimum Gasteiger partial charge on any atom is -0.497 e. The Kier molecular flexibility index (Phi) is 2.95. The lowest BCUT2D eigenvalue weighted by atomic mass is 10.2. The lowest BCUT2D eigenvalue weighted by Gasteiger charge is -2.08. The fourth-order valence-corrected chi connectivity index (χ4v) is 2.34. The van der Waals surface area contributed by atoms with Gasteiger partial charge in [0.25, 0.3) is 5.56 Å². The van der Waals surface area contributed by atoms with Gasteiger partial charge in [0.1, 0.15) is 5.75 Å². The molecule has 0 unspecified atom stereocenters. The first-order valence-corrected chi connectivity index (χ1v) is 6.29. The van der Waals surface area contributed by atoms with E-state index in [1.165, 1.54) is 0 Å². The van der Waals surface area contributed by atoms with Crippen LogP contribution in [0.15, 0.2) is 29.1 Å². The van der Waals surface area contributed by atoms with Gasteiger partial charge in [-0.05, 0) is 31.4 Å². The molecule has 2 aromatic rings. The third kappa shape index (κ3) is 2.31. The molecule has 5 heteroatoms. The Balaban J connectivity index is 1.91. The van der Waals surface area contributed by atoms with Crippen molar-refractivity contribution in [2.24, 2.45) is 0 Å². The second kappa shape index (κ2) is 4.76. The van der Waals surface area contributed by atoms with E-state index in [2.05, 4.69) is 15.3 Å². The molecule has 0 bridgehead atoms. The van der Waals surface area contributed by atoms with E-state index in [-0.39, 0.29) is 5.56 Å². The summed E-state index contributed by atoms with van der Waals surface area (Å²) in [6.07, 6.45) is 2.72. The van der Waals surface area contributed by atoms with Gasteiger partial charge >= 0.3 is 0 Å². The summed E-state index contributed by atoms with van der Waals surface area (Å²) in [6, 6.07) is 7.50. The van der Waals surface area contributed by atoms with Crippen molar-refractivity contribution in [1.29, 1.82) is 0 Å². The van der Waals surface area contributed by atoms with Crippen LogP contribution < -0.4 is 15.6 Å². The van der Waals surface area contributed by atoms with Gasteiger partial charge in [-0.1, -0.05) is 6.07 Å². The molecular formula is C14H15N3O2. The number of nitrogens with one attached hydrogen (secondary N) is 2. The van der Waals surface area contributed by atoms with Crippen molar-refractivity contribution in [3.63, 3.8) is 0 Å². The summed E-state index contributed by atoms with van der Waals surface area (Å²) in [4.78, 5) is 19.1. The van der Waals surface area contributed by atoms with Crippen molar-refractivity contribution < 1.29 is 4.74 Å². The highest BCUT2D eigenvalue weighted by atomic mass is 16.5. The number of nitrogens with zero attached hydrogens (tertiary/aromatic N) is 1. The summed E-state index contributed by atoms with van der Waals surface area (Å²) in [5.41, 5.74) is 2.54. The molecule has 0 aliphatic heterocycles. The van der Waals surface area contributed by atoms with Crippen molar-refractivity contribution in [3.8, 4) is 5.75 Å². The molecular weight excluding hydrogens is 242 g/mol. The van der Waals surface area contributed by atoms with E-state index in [0.29, 0.717) is 5.95 Å². The maximum absolute atomic E-state index is 11.9. The summed E-state index contributed by atoms with van der Waals surface area (Å²) in [5, 5.41) is 3.10. The van der Waals surface area contributed by atoms with Crippen molar-refractivity contribution in [3.05, 3.63) is 45.9 Å². The van der Waals surface area contributed by atoms with Gasteiger partial charge in [-0.25, -0.2) is 4.98 Å². The molecule has 98 valence electrons. The van der Waals surface area contributed by atoms with Crippen LogP contribution in [0, 0.1) is 0 Å². The number of fused-ring (bicyclic) bond motifs is 1. The van der Waals surface area contributed by atoms with Crippen LogP contribution in [0.1, 0.15) is 17.7 Å². The van der Waals surface area contributed by atoms with Gasteiger partial charge < -0.3 is 10.1 Å². The van der Waals surface area contributed by atoms with Crippen molar-refractivity contribution in [2.75, 3.05) is 12.4 Å². The van der Waals surface area contributed by atoms with E-state index in [1.54, 1.807) is 7.11 Å². The minimum absolute atomic E-state index is 0.0344. The van der Waals surface area contributed by atoms with Crippen molar-refractivity contribution >= 4 is 11.6 Å². The molecule has 2 N–H and O–H groups in total. The van der Waals surface area contributed by atoms with Crippen molar-refractivity contribution in [1.82, 2.24) is 9.97 Å². The summed E-state index contributed by atoms with van der Waals surface area (Å²) < 4.78 is 5.16. The highest BCUT2D eigenvalue weighted by Gasteiger charge is 2.17. The van der Waals surface area contributed by atoms with Crippen LogP contribution in [0.5, 0.6) is 5.75 Å². The van der Waals surface area contributed by atoms with Crippen LogP contribution in [-0.2, 0) is 12.8 Å². The Labute approximate surface area is 110 Å². The van der Waals surface area contributed by atoms with E-state index in [9.17, 15) is 4.79 Å². The average Bonchev–Trinajstić information content (AvgIpc) is 2.88. The van der Waals surface area contributed by atoms with Crippen LogP contribution in [-0.4, -0.2) is 17.1 Å². The predicted molar refractivity (Wildman–Crippen MR) is 73.2 cm³/mol. The number of hydrogen-bond donors (Lipinski definition) is 2. The van der Waals surface area contributed by atoms with Gasteiger partial charge in [-0.3, -0.25) is 9.78 Å². The fraction of sp³-hybridized carbons (Fsp3) is 0.286. The van der Waals surface area contributed by atoms with Crippen LogP contribution in [0.3, 0.4) is 0 Å². The Morgan fingerprint density at radius 3 is 3.11 bits per heavy atom. The smallest absolute Gasteiger partial charge is 0.255 e. The standard InChI is InChI=1S/C14H15N3O2/c1-19-10-5-2-4-9(8-10)15-14-16-12-7-3-6-11(12)13(18)17-14/h2,4-5,8H,3,6-7H2,1H3,(H2,15,16,17,18). The SMILES string of the molecule is COc1cccc(Nc2nc3c(c(=O)[nH]2)CCC3)c1. The van der Waals surface area contributed by atoms with E-state index in [0.717, 1.165) is 42.0 Å². The zero-order chi connectivity index (χ0) is 13.2. The fourth-order valence-electron chi connectivity index (χ4n) is 2.34. The molecule has 1 aromatic heterocycles. The van der Waals surface area contributed by atoms with Gasteiger partial charge in [-0.15, -0.1) is 0 Å². The Morgan fingerprint density at radius 2 is 2.26 bits per heavy atom. The molecule has 19 heavy (non-hydrogen) atoms. The molecule has 1 heterocycles. The molecule has 0 atom stereocenters. The van der Waals surface area contributed by atoms with E-state index < -0.39 is 0 Å². The number of ether oxygens (including phenoxy) is 1. The third-order valence-electron chi connectivity index (χ3n) is 3.27. The maximum atomic E-state index is 11.9. The number of benzene rings is 1. The maximum Gasteiger partial charge on any atom is 0.255 e. The quantitative estimate of drug-likeness (QED) is 0.882. The first kappa shape index (κ1) is 11.8. The summed E-state index contributed by atoms with van der Waals surface area (Å²) in [7, 11) is 1.62. The van der Waals surface area contributed by atoms with Crippen LogP contribution in [0.4, 0.5) is 11.6 Å². The number of hydrogen-bond acceptors (Lipinski definition) is 4. The minimum atomic E-state index is -0.0344. The van der Waals surface area contributed by atoms with Crippen LogP contribution in [0.2, 0.25) is 0 Å². The Hall–Kier alpha value is -2.30. The normalized spacial score (nSPS) is 13.1. The van der Waals surface area contributed by atoms with E-state index >= 15 is 0 Å². The van der Waals surface area contributed by atoms with Gasteiger partial charge in [0.15, 0.2) is 0 Å². The van der Waals surface area contributed by atoms with Crippen LogP contribution >= 0.6 is 0 Å². The Bertz CT molecular complexity index is 664. The summed E-state index contributed by atoms with van der Waals surface area (Å²) in [5.74, 6) is 1.24. The number of aryl methyl sites for hydroxylation is 1. The molecule has 0 radical (unpaired) electrons. The van der Waals surface area contributed by atoms with Gasteiger partial charge in [0.2, 0.25) is 5.95 Å². The predicted octanol–water partition coefficient (Wildman–Crippen LogP) is 2.01. The zero-order valence-corrected chi connectivity index (χ0v) is 10.7. The highest BCUT2D eigenvalue weighted by molar-refractivity contribution is 5.56. The van der Waals surface area contributed by atoms with Crippen molar-refractivity contribution in [2.45, 2.75) is 19.3 Å². The largest absolute Gasteiger partial charge is 0.497 e. The summed E-state index contributed by atoms with van der Waals surface area (Å²) >= 11 is 0. The molecule has 0 saturated heterocycles. The molecule has 0 fully saturated rings. The lowest BCUT2D eigenvalue weighted by Crippen LogP contribution is -2.16. The Morgan fingerprint density at radius 1 is 1.37 bits per heavy atom.